The summed E-state index contributed by atoms with van der Waals surface area (Å²) in [5.41, 5.74) is 1.32. The Morgan fingerprint density at radius 2 is 2.06 bits per heavy atom. The minimum atomic E-state index is -0.122. The molecule has 2 aliphatic rings. The molecule has 2 fully saturated rings. The Balaban J connectivity index is 1.66. The predicted molar refractivity (Wildman–Crippen MR) is 70.1 cm³/mol. The van der Waals surface area contributed by atoms with Crippen molar-refractivity contribution in [2.45, 2.75) is 38.1 Å². The van der Waals surface area contributed by atoms with Gasteiger partial charge in [0.25, 0.3) is 0 Å². The van der Waals surface area contributed by atoms with E-state index in [4.69, 9.17) is 0 Å². The second kappa shape index (κ2) is 4.96. The van der Waals surface area contributed by atoms with E-state index in [-0.39, 0.29) is 6.10 Å². The topological polar surface area (TPSA) is 39.6 Å². The maximum Gasteiger partial charge on any atom is 0.0682 e. The van der Waals surface area contributed by atoms with Crippen LogP contribution in [0.3, 0.4) is 0 Å². The molecular weight excluding hydrogens is 226 g/mol. The van der Waals surface area contributed by atoms with E-state index in [1.54, 1.807) is 0 Å². The summed E-state index contributed by atoms with van der Waals surface area (Å²) in [6.07, 6.45) is 4.52. The zero-order valence-corrected chi connectivity index (χ0v) is 10.9. The SMILES string of the molecule is C[C@@H]1CN2C[C@H](O)CC2CN1Cc1ccncc1. The lowest BCUT2D eigenvalue weighted by Gasteiger charge is -2.42. The van der Waals surface area contributed by atoms with Gasteiger partial charge >= 0.3 is 0 Å². The van der Waals surface area contributed by atoms with Crippen molar-refractivity contribution in [1.29, 1.82) is 0 Å². The van der Waals surface area contributed by atoms with E-state index in [0.29, 0.717) is 12.1 Å². The number of aromatic nitrogens is 1. The van der Waals surface area contributed by atoms with Crippen molar-refractivity contribution in [1.82, 2.24) is 14.8 Å². The molecular formula is C14H21N3O. The van der Waals surface area contributed by atoms with Crippen LogP contribution in [0.15, 0.2) is 24.5 Å². The predicted octanol–water partition coefficient (Wildman–Crippen LogP) is 0.721. The van der Waals surface area contributed by atoms with Gasteiger partial charge in [-0.05, 0) is 31.0 Å². The molecule has 2 aliphatic heterocycles. The minimum absolute atomic E-state index is 0.122. The van der Waals surface area contributed by atoms with Crippen molar-refractivity contribution < 1.29 is 5.11 Å². The third kappa shape index (κ3) is 2.41. The van der Waals surface area contributed by atoms with E-state index >= 15 is 0 Å². The highest BCUT2D eigenvalue weighted by Gasteiger charge is 2.37. The highest BCUT2D eigenvalue weighted by molar-refractivity contribution is 5.10. The van der Waals surface area contributed by atoms with Crippen LogP contribution in [-0.4, -0.2) is 57.7 Å². The minimum Gasteiger partial charge on any atom is -0.392 e. The molecule has 0 bridgehead atoms. The van der Waals surface area contributed by atoms with E-state index in [2.05, 4.69) is 33.8 Å². The van der Waals surface area contributed by atoms with Gasteiger partial charge in [0.05, 0.1) is 6.10 Å². The molecule has 1 aromatic rings. The van der Waals surface area contributed by atoms with Gasteiger partial charge < -0.3 is 5.11 Å². The first-order chi connectivity index (χ1) is 8.72. The molecule has 1 N–H and O–H groups in total. The molecule has 18 heavy (non-hydrogen) atoms. The molecule has 0 aromatic carbocycles. The molecule has 4 nitrogen and oxygen atoms in total. The highest BCUT2D eigenvalue weighted by Crippen LogP contribution is 2.25. The Bertz CT molecular complexity index is 397. The number of pyridine rings is 1. The van der Waals surface area contributed by atoms with Crippen molar-refractivity contribution in [3.8, 4) is 0 Å². The second-order valence-corrected chi connectivity index (χ2v) is 5.63. The maximum atomic E-state index is 9.75. The summed E-state index contributed by atoms with van der Waals surface area (Å²) < 4.78 is 0. The third-order valence-corrected chi connectivity index (χ3v) is 4.21. The fourth-order valence-electron chi connectivity index (χ4n) is 3.22. The molecule has 3 atom stereocenters. The van der Waals surface area contributed by atoms with Crippen LogP contribution >= 0.6 is 0 Å². The van der Waals surface area contributed by atoms with E-state index < -0.39 is 0 Å². The van der Waals surface area contributed by atoms with Crippen LogP contribution in [0.1, 0.15) is 18.9 Å². The van der Waals surface area contributed by atoms with Crippen LogP contribution in [0.4, 0.5) is 0 Å². The lowest BCUT2D eigenvalue weighted by Crippen LogP contribution is -2.54. The van der Waals surface area contributed by atoms with Gasteiger partial charge in [0.1, 0.15) is 0 Å². The van der Waals surface area contributed by atoms with Crippen molar-refractivity contribution in [3.05, 3.63) is 30.1 Å². The van der Waals surface area contributed by atoms with Gasteiger partial charge in [-0.25, -0.2) is 0 Å². The Morgan fingerprint density at radius 1 is 1.28 bits per heavy atom. The third-order valence-electron chi connectivity index (χ3n) is 4.21. The Kier molecular flexibility index (Phi) is 3.33. The number of piperazine rings is 1. The fraction of sp³-hybridized carbons (Fsp3) is 0.643. The number of aliphatic hydroxyl groups is 1. The molecule has 98 valence electrons. The van der Waals surface area contributed by atoms with Crippen LogP contribution < -0.4 is 0 Å². The first-order valence-electron chi connectivity index (χ1n) is 6.77. The Labute approximate surface area is 108 Å². The molecule has 0 amide bonds. The smallest absolute Gasteiger partial charge is 0.0682 e. The molecule has 1 aromatic heterocycles. The Hall–Kier alpha value is -0.970. The van der Waals surface area contributed by atoms with E-state index in [9.17, 15) is 5.11 Å². The summed E-state index contributed by atoms with van der Waals surface area (Å²) in [5, 5.41) is 9.75. The van der Waals surface area contributed by atoms with Crippen LogP contribution in [0.25, 0.3) is 0 Å². The highest BCUT2D eigenvalue weighted by atomic mass is 16.3. The summed E-state index contributed by atoms with van der Waals surface area (Å²) in [7, 11) is 0. The molecule has 4 heteroatoms. The quantitative estimate of drug-likeness (QED) is 0.836. The van der Waals surface area contributed by atoms with Crippen LogP contribution in [0.5, 0.6) is 0 Å². The molecule has 0 saturated carbocycles. The van der Waals surface area contributed by atoms with Gasteiger partial charge in [0.15, 0.2) is 0 Å². The zero-order valence-electron chi connectivity index (χ0n) is 10.9. The summed E-state index contributed by atoms with van der Waals surface area (Å²) in [5.74, 6) is 0. The standard InChI is InChI=1S/C14H21N3O/c1-11-7-17-10-14(18)6-13(17)9-16(11)8-12-2-4-15-5-3-12/h2-5,11,13-14,18H,6-10H2,1H3/t11-,13?,14-/m1/s1. The number of aliphatic hydroxyl groups excluding tert-OH is 1. The molecule has 1 unspecified atom stereocenters. The monoisotopic (exact) mass is 247 g/mol. The molecule has 3 rings (SSSR count). The maximum absolute atomic E-state index is 9.75. The number of nitrogens with zero attached hydrogens (tertiary/aromatic N) is 3. The van der Waals surface area contributed by atoms with Gasteiger partial charge in [0, 0.05) is 50.7 Å². The first-order valence-corrected chi connectivity index (χ1v) is 6.77. The fourth-order valence-corrected chi connectivity index (χ4v) is 3.22. The van der Waals surface area contributed by atoms with E-state index in [0.717, 1.165) is 32.6 Å². The van der Waals surface area contributed by atoms with Crippen LogP contribution in [0, 0.1) is 0 Å². The first kappa shape index (κ1) is 12.1. The summed E-state index contributed by atoms with van der Waals surface area (Å²) in [6.45, 7) is 6.28. The average Bonchev–Trinajstić information content (AvgIpc) is 2.70. The van der Waals surface area contributed by atoms with Gasteiger partial charge in [-0.3, -0.25) is 14.8 Å². The van der Waals surface area contributed by atoms with Gasteiger partial charge in [-0.2, -0.15) is 0 Å². The number of hydrogen-bond donors (Lipinski definition) is 1. The van der Waals surface area contributed by atoms with Crippen LogP contribution in [-0.2, 0) is 6.54 Å². The molecule has 0 spiro atoms. The van der Waals surface area contributed by atoms with E-state index in [1.165, 1.54) is 5.56 Å². The Morgan fingerprint density at radius 3 is 2.83 bits per heavy atom. The summed E-state index contributed by atoms with van der Waals surface area (Å²) in [4.78, 5) is 9.03. The van der Waals surface area contributed by atoms with Gasteiger partial charge in [0.2, 0.25) is 0 Å². The lowest BCUT2D eigenvalue weighted by molar-refractivity contribution is 0.0528. The van der Waals surface area contributed by atoms with Gasteiger partial charge in [-0.15, -0.1) is 0 Å². The largest absolute Gasteiger partial charge is 0.392 e. The molecule has 2 saturated heterocycles. The second-order valence-electron chi connectivity index (χ2n) is 5.63. The van der Waals surface area contributed by atoms with Crippen molar-refractivity contribution >= 4 is 0 Å². The van der Waals surface area contributed by atoms with Crippen molar-refractivity contribution in [2.24, 2.45) is 0 Å². The van der Waals surface area contributed by atoms with Crippen molar-refractivity contribution in [3.63, 3.8) is 0 Å². The molecule has 0 aliphatic carbocycles. The molecule has 3 heterocycles. The lowest BCUT2D eigenvalue weighted by atomic mass is 10.1. The van der Waals surface area contributed by atoms with Gasteiger partial charge in [-0.1, -0.05) is 0 Å². The van der Waals surface area contributed by atoms with Crippen LogP contribution in [0.2, 0.25) is 0 Å². The average molecular weight is 247 g/mol. The molecule has 0 radical (unpaired) electrons. The van der Waals surface area contributed by atoms with Crippen molar-refractivity contribution in [2.75, 3.05) is 19.6 Å². The zero-order chi connectivity index (χ0) is 12.5. The summed E-state index contributed by atoms with van der Waals surface area (Å²) in [6, 6.07) is 5.27. The van der Waals surface area contributed by atoms with E-state index in [1.807, 2.05) is 12.4 Å². The summed E-state index contributed by atoms with van der Waals surface area (Å²) >= 11 is 0. The number of fused-ring (bicyclic) bond motifs is 1. The number of hydrogen-bond acceptors (Lipinski definition) is 4. The normalized spacial score (nSPS) is 33.6. The number of rotatable bonds is 2.